The van der Waals surface area contributed by atoms with Crippen molar-refractivity contribution in [1.82, 2.24) is 16.0 Å². The number of amides is 1. The average Bonchev–Trinajstić information content (AvgIpc) is 2.67. The minimum Gasteiger partial charge on any atom is -0.356 e. The SMILES string of the molecule is CN=C(NCCCc1ccccc1)NCCNC(=O)c1ccccc1Cl. The minimum absolute atomic E-state index is 0.178. The summed E-state index contributed by atoms with van der Waals surface area (Å²) in [5.41, 5.74) is 1.82. The second-order valence-electron chi connectivity index (χ2n) is 5.75. The van der Waals surface area contributed by atoms with E-state index in [-0.39, 0.29) is 5.91 Å². The van der Waals surface area contributed by atoms with Crippen LogP contribution in [0.1, 0.15) is 22.3 Å². The van der Waals surface area contributed by atoms with Gasteiger partial charge in [0.1, 0.15) is 0 Å². The maximum atomic E-state index is 12.1. The quantitative estimate of drug-likeness (QED) is 0.379. The molecule has 2 aromatic rings. The summed E-state index contributed by atoms with van der Waals surface area (Å²) < 4.78 is 0. The Bertz CT molecular complexity index is 719. The monoisotopic (exact) mass is 372 g/mol. The summed E-state index contributed by atoms with van der Waals surface area (Å²) in [7, 11) is 1.73. The Kier molecular flexibility index (Phi) is 8.49. The van der Waals surface area contributed by atoms with Crippen LogP contribution >= 0.6 is 11.6 Å². The first-order valence-corrected chi connectivity index (χ1v) is 9.09. The van der Waals surface area contributed by atoms with Crippen LogP contribution in [0, 0.1) is 0 Å². The highest BCUT2D eigenvalue weighted by atomic mass is 35.5. The van der Waals surface area contributed by atoms with Crippen LogP contribution in [-0.4, -0.2) is 38.5 Å². The topological polar surface area (TPSA) is 65.5 Å². The number of guanidine groups is 1. The molecule has 0 aliphatic carbocycles. The maximum absolute atomic E-state index is 12.1. The van der Waals surface area contributed by atoms with Crippen molar-refractivity contribution in [3.8, 4) is 0 Å². The number of carbonyl (C=O) groups excluding carboxylic acids is 1. The second-order valence-corrected chi connectivity index (χ2v) is 6.16. The van der Waals surface area contributed by atoms with Crippen LogP contribution in [0.2, 0.25) is 5.02 Å². The standard InChI is InChI=1S/C20H25ClN4O/c1-22-20(24-13-7-10-16-8-3-2-4-9-16)25-15-14-23-19(26)17-11-5-6-12-18(17)21/h2-6,8-9,11-12H,7,10,13-15H2,1H3,(H,23,26)(H2,22,24,25). The molecule has 5 nitrogen and oxygen atoms in total. The van der Waals surface area contributed by atoms with E-state index < -0.39 is 0 Å². The molecule has 0 heterocycles. The van der Waals surface area contributed by atoms with Gasteiger partial charge in [0.2, 0.25) is 0 Å². The molecule has 26 heavy (non-hydrogen) atoms. The number of hydrogen-bond donors (Lipinski definition) is 3. The van der Waals surface area contributed by atoms with E-state index in [1.165, 1.54) is 5.56 Å². The molecule has 0 radical (unpaired) electrons. The predicted octanol–water partition coefficient (Wildman–Crippen LogP) is 2.87. The van der Waals surface area contributed by atoms with Crippen LogP contribution in [-0.2, 0) is 6.42 Å². The van der Waals surface area contributed by atoms with E-state index in [2.05, 4.69) is 45.2 Å². The van der Waals surface area contributed by atoms with Gasteiger partial charge in [0, 0.05) is 26.7 Å². The van der Waals surface area contributed by atoms with E-state index in [1.54, 1.807) is 31.3 Å². The Labute approximate surface area is 159 Å². The molecule has 0 fully saturated rings. The van der Waals surface area contributed by atoms with E-state index in [4.69, 9.17) is 11.6 Å². The highest BCUT2D eigenvalue weighted by molar-refractivity contribution is 6.33. The third-order valence-electron chi connectivity index (χ3n) is 3.82. The van der Waals surface area contributed by atoms with Gasteiger partial charge in [0.25, 0.3) is 5.91 Å². The van der Waals surface area contributed by atoms with Gasteiger partial charge in [0.15, 0.2) is 5.96 Å². The molecule has 0 bridgehead atoms. The molecule has 0 spiro atoms. The summed E-state index contributed by atoms with van der Waals surface area (Å²) in [6, 6.07) is 17.4. The van der Waals surface area contributed by atoms with Gasteiger partial charge in [-0.3, -0.25) is 9.79 Å². The van der Waals surface area contributed by atoms with Crippen LogP contribution in [0.5, 0.6) is 0 Å². The number of nitrogens with one attached hydrogen (secondary N) is 3. The molecule has 0 aromatic heterocycles. The highest BCUT2D eigenvalue weighted by Crippen LogP contribution is 2.14. The molecule has 2 aromatic carbocycles. The lowest BCUT2D eigenvalue weighted by Crippen LogP contribution is -2.41. The van der Waals surface area contributed by atoms with E-state index in [9.17, 15) is 4.79 Å². The molecule has 3 N–H and O–H groups in total. The lowest BCUT2D eigenvalue weighted by molar-refractivity contribution is 0.0954. The fraction of sp³-hybridized carbons (Fsp3) is 0.300. The Morgan fingerprint density at radius 2 is 1.58 bits per heavy atom. The van der Waals surface area contributed by atoms with Crippen molar-refractivity contribution < 1.29 is 4.79 Å². The third-order valence-corrected chi connectivity index (χ3v) is 4.15. The van der Waals surface area contributed by atoms with Crippen LogP contribution in [0.4, 0.5) is 0 Å². The van der Waals surface area contributed by atoms with Crippen molar-refractivity contribution in [2.24, 2.45) is 4.99 Å². The summed E-state index contributed by atoms with van der Waals surface area (Å²) in [5, 5.41) is 9.75. The van der Waals surface area contributed by atoms with Crippen LogP contribution in [0.15, 0.2) is 59.6 Å². The number of nitrogens with zero attached hydrogens (tertiary/aromatic N) is 1. The summed E-state index contributed by atoms with van der Waals surface area (Å²) in [6.45, 7) is 1.89. The molecule has 0 aliphatic heterocycles. The van der Waals surface area contributed by atoms with Crippen LogP contribution in [0.3, 0.4) is 0 Å². The number of halogens is 1. The Hall–Kier alpha value is -2.53. The Balaban J connectivity index is 1.61. The van der Waals surface area contributed by atoms with Gasteiger partial charge in [-0.05, 0) is 30.5 Å². The van der Waals surface area contributed by atoms with Gasteiger partial charge < -0.3 is 16.0 Å². The van der Waals surface area contributed by atoms with Crippen molar-refractivity contribution in [3.63, 3.8) is 0 Å². The average molecular weight is 373 g/mol. The predicted molar refractivity (Wildman–Crippen MR) is 108 cm³/mol. The molecule has 138 valence electrons. The molecule has 0 atom stereocenters. The van der Waals surface area contributed by atoms with Gasteiger partial charge in [-0.15, -0.1) is 0 Å². The summed E-state index contributed by atoms with van der Waals surface area (Å²) in [4.78, 5) is 16.2. The zero-order chi connectivity index (χ0) is 18.6. The molecular weight excluding hydrogens is 348 g/mol. The number of hydrogen-bond acceptors (Lipinski definition) is 2. The third kappa shape index (κ3) is 6.76. The highest BCUT2D eigenvalue weighted by Gasteiger charge is 2.08. The summed E-state index contributed by atoms with van der Waals surface area (Å²) in [6.07, 6.45) is 2.05. The molecule has 6 heteroatoms. The summed E-state index contributed by atoms with van der Waals surface area (Å²) >= 11 is 6.01. The smallest absolute Gasteiger partial charge is 0.252 e. The normalized spacial score (nSPS) is 11.1. The maximum Gasteiger partial charge on any atom is 0.252 e. The fourth-order valence-electron chi connectivity index (χ4n) is 2.46. The van der Waals surface area contributed by atoms with Crippen molar-refractivity contribution in [3.05, 3.63) is 70.7 Å². The first-order valence-electron chi connectivity index (χ1n) is 8.72. The molecule has 0 saturated heterocycles. The van der Waals surface area contributed by atoms with Crippen LogP contribution < -0.4 is 16.0 Å². The molecular formula is C20H25ClN4O. The van der Waals surface area contributed by atoms with Crippen molar-refractivity contribution >= 4 is 23.5 Å². The largest absolute Gasteiger partial charge is 0.356 e. The van der Waals surface area contributed by atoms with Crippen LogP contribution in [0.25, 0.3) is 0 Å². The number of rotatable bonds is 8. The number of aryl methyl sites for hydroxylation is 1. The number of aliphatic imine (C=N–C) groups is 1. The second kappa shape index (κ2) is 11.2. The van der Waals surface area contributed by atoms with Crippen molar-refractivity contribution in [1.29, 1.82) is 0 Å². The van der Waals surface area contributed by atoms with Crippen molar-refractivity contribution in [2.45, 2.75) is 12.8 Å². The molecule has 0 aliphatic rings. The van der Waals surface area contributed by atoms with E-state index in [0.717, 1.165) is 25.3 Å². The van der Waals surface area contributed by atoms with Crippen molar-refractivity contribution in [2.75, 3.05) is 26.7 Å². The zero-order valence-electron chi connectivity index (χ0n) is 15.0. The number of carbonyl (C=O) groups is 1. The number of benzene rings is 2. The fourth-order valence-corrected chi connectivity index (χ4v) is 2.68. The molecule has 2 rings (SSSR count). The lowest BCUT2D eigenvalue weighted by atomic mass is 10.1. The van der Waals surface area contributed by atoms with E-state index >= 15 is 0 Å². The first-order chi connectivity index (χ1) is 12.7. The van der Waals surface area contributed by atoms with Gasteiger partial charge >= 0.3 is 0 Å². The lowest BCUT2D eigenvalue weighted by Gasteiger charge is -2.12. The summed E-state index contributed by atoms with van der Waals surface area (Å²) in [5.74, 6) is 0.549. The van der Waals surface area contributed by atoms with Gasteiger partial charge in [-0.1, -0.05) is 54.1 Å². The van der Waals surface area contributed by atoms with Gasteiger partial charge in [-0.2, -0.15) is 0 Å². The Morgan fingerprint density at radius 3 is 2.31 bits per heavy atom. The van der Waals surface area contributed by atoms with E-state index in [0.29, 0.717) is 23.7 Å². The Morgan fingerprint density at radius 1 is 0.923 bits per heavy atom. The molecule has 1 amide bonds. The molecule has 0 unspecified atom stereocenters. The zero-order valence-corrected chi connectivity index (χ0v) is 15.7. The minimum atomic E-state index is -0.178. The van der Waals surface area contributed by atoms with Gasteiger partial charge in [0.05, 0.1) is 10.6 Å². The van der Waals surface area contributed by atoms with E-state index in [1.807, 2.05) is 6.07 Å². The molecule has 0 saturated carbocycles. The van der Waals surface area contributed by atoms with Gasteiger partial charge in [-0.25, -0.2) is 0 Å². The first kappa shape index (κ1) is 19.8.